The van der Waals surface area contributed by atoms with Crippen molar-refractivity contribution in [3.05, 3.63) is 87.0 Å². The Morgan fingerprint density at radius 3 is 1.90 bits per heavy atom. The molecule has 3 N–H and O–H groups in total. The van der Waals surface area contributed by atoms with Crippen LogP contribution in [0.2, 0.25) is 0 Å². The molecule has 3 aromatic rings. The van der Waals surface area contributed by atoms with Crippen molar-refractivity contribution in [1.82, 2.24) is 0 Å². The quantitative estimate of drug-likeness (QED) is 0.330. The third kappa shape index (κ3) is 3.20. The second-order valence-corrected chi connectivity index (χ2v) is 8.85. The topological polar surface area (TPSA) is 129 Å². The van der Waals surface area contributed by atoms with Gasteiger partial charge in [0.1, 0.15) is 16.4 Å². The molecule has 31 heavy (non-hydrogen) atoms. The Morgan fingerprint density at radius 2 is 1.32 bits per heavy atom. The number of fused-ring (bicyclic) bond motifs is 2. The molecule has 0 bridgehead atoms. The number of phenolic OH excluding ortho intramolecular Hbond substituents is 2. The summed E-state index contributed by atoms with van der Waals surface area (Å²) in [4.78, 5) is 24.9. The summed E-state index contributed by atoms with van der Waals surface area (Å²) in [5.41, 5.74) is 1.80. The van der Waals surface area contributed by atoms with E-state index in [0.29, 0.717) is 16.7 Å². The van der Waals surface area contributed by atoms with Gasteiger partial charge in [0.05, 0.1) is 0 Å². The van der Waals surface area contributed by atoms with Crippen LogP contribution in [0.25, 0.3) is 0 Å². The number of rotatable bonds is 3. The van der Waals surface area contributed by atoms with Crippen LogP contribution in [-0.2, 0) is 16.5 Å². The minimum atomic E-state index is -4.79. The summed E-state index contributed by atoms with van der Waals surface area (Å²) < 4.78 is 33.0. The average Bonchev–Trinajstić information content (AvgIpc) is 2.72. The van der Waals surface area contributed by atoms with E-state index in [2.05, 4.69) is 0 Å². The van der Waals surface area contributed by atoms with Gasteiger partial charge in [0.2, 0.25) is 0 Å². The van der Waals surface area contributed by atoms with E-state index in [-0.39, 0.29) is 51.6 Å². The van der Waals surface area contributed by atoms with Gasteiger partial charge in [0.25, 0.3) is 10.1 Å². The summed E-state index contributed by atoms with van der Waals surface area (Å²) in [6, 6.07) is 11.2. The largest absolute Gasteiger partial charge is 0.507 e. The molecule has 4 rings (SSSR count). The van der Waals surface area contributed by atoms with Gasteiger partial charge in [0.15, 0.2) is 11.6 Å². The first-order valence-electron chi connectivity index (χ1n) is 9.35. The van der Waals surface area contributed by atoms with Crippen molar-refractivity contribution in [1.29, 1.82) is 0 Å². The highest BCUT2D eigenvalue weighted by molar-refractivity contribution is 7.86. The summed E-state index contributed by atoms with van der Waals surface area (Å²) in [5.74, 6) is -1.60. The lowest BCUT2D eigenvalue weighted by atomic mass is 9.82. The van der Waals surface area contributed by atoms with Crippen LogP contribution in [0.1, 0.15) is 54.1 Å². The van der Waals surface area contributed by atoms with E-state index in [9.17, 15) is 32.8 Å². The maximum absolute atomic E-state index is 12.9. The Bertz CT molecular complexity index is 1400. The molecule has 0 aromatic heterocycles. The SMILES string of the molecule is Cc1c(O)c(C)c(S(=O)(=O)O)c(O)c1Cc1ccc2c(c1)C(=O)c1ccccc1C2=O. The van der Waals surface area contributed by atoms with Gasteiger partial charge in [-0.15, -0.1) is 0 Å². The van der Waals surface area contributed by atoms with Gasteiger partial charge in [-0.1, -0.05) is 36.4 Å². The Balaban J connectivity index is 1.84. The minimum Gasteiger partial charge on any atom is -0.507 e. The third-order valence-corrected chi connectivity index (χ3v) is 6.65. The monoisotopic (exact) mass is 438 g/mol. The van der Waals surface area contributed by atoms with E-state index in [0.717, 1.165) is 0 Å². The van der Waals surface area contributed by atoms with Gasteiger partial charge in [-0.25, -0.2) is 0 Å². The Morgan fingerprint density at radius 1 is 0.774 bits per heavy atom. The smallest absolute Gasteiger partial charge is 0.298 e. The summed E-state index contributed by atoms with van der Waals surface area (Å²) >= 11 is 0. The molecule has 8 heteroatoms. The number of phenols is 2. The molecular formula is C23H18O7S. The zero-order chi connectivity index (χ0) is 22.7. The highest BCUT2D eigenvalue weighted by atomic mass is 32.2. The number of benzene rings is 3. The van der Waals surface area contributed by atoms with Gasteiger partial charge >= 0.3 is 0 Å². The fourth-order valence-electron chi connectivity index (χ4n) is 4.02. The molecule has 0 radical (unpaired) electrons. The normalized spacial score (nSPS) is 13.1. The fraction of sp³-hybridized carbons (Fsp3) is 0.130. The van der Waals surface area contributed by atoms with Gasteiger partial charge < -0.3 is 10.2 Å². The van der Waals surface area contributed by atoms with Crippen molar-refractivity contribution in [2.24, 2.45) is 0 Å². The van der Waals surface area contributed by atoms with Crippen molar-refractivity contribution in [3.8, 4) is 11.5 Å². The predicted octanol–water partition coefficient (Wildman–Crippen LogP) is 3.33. The first-order valence-corrected chi connectivity index (χ1v) is 10.8. The molecule has 0 heterocycles. The van der Waals surface area contributed by atoms with Crippen LogP contribution in [0.5, 0.6) is 11.5 Å². The second kappa shape index (κ2) is 7.04. The van der Waals surface area contributed by atoms with E-state index in [1.54, 1.807) is 30.3 Å². The molecule has 0 spiro atoms. The molecule has 158 valence electrons. The molecule has 0 unspecified atom stereocenters. The van der Waals surface area contributed by atoms with Crippen LogP contribution >= 0.6 is 0 Å². The number of hydrogen-bond acceptors (Lipinski definition) is 6. The molecule has 7 nitrogen and oxygen atoms in total. The van der Waals surface area contributed by atoms with Gasteiger partial charge in [0, 0.05) is 39.8 Å². The zero-order valence-electron chi connectivity index (χ0n) is 16.6. The highest BCUT2D eigenvalue weighted by Crippen LogP contribution is 2.40. The Kier molecular flexibility index (Phi) is 4.72. The molecule has 0 aliphatic heterocycles. The molecule has 3 aromatic carbocycles. The predicted molar refractivity (Wildman–Crippen MR) is 112 cm³/mol. The minimum absolute atomic E-state index is 0.0373. The lowest BCUT2D eigenvalue weighted by Crippen LogP contribution is -2.21. The molecule has 0 atom stereocenters. The molecule has 0 fully saturated rings. The van der Waals surface area contributed by atoms with Crippen molar-refractivity contribution >= 4 is 21.7 Å². The number of carbonyl (C=O) groups is 2. The number of carbonyl (C=O) groups excluding carboxylic acids is 2. The van der Waals surface area contributed by atoms with Crippen LogP contribution in [0, 0.1) is 13.8 Å². The van der Waals surface area contributed by atoms with Crippen molar-refractivity contribution < 1.29 is 32.8 Å². The summed E-state index contributed by atoms with van der Waals surface area (Å²) in [6.07, 6.45) is -0.0373. The van der Waals surface area contributed by atoms with Crippen molar-refractivity contribution in [2.75, 3.05) is 0 Å². The van der Waals surface area contributed by atoms with Gasteiger partial charge in [-0.3, -0.25) is 14.1 Å². The van der Waals surface area contributed by atoms with Crippen LogP contribution in [0.3, 0.4) is 0 Å². The summed E-state index contributed by atoms with van der Waals surface area (Å²) in [5, 5.41) is 20.9. The second-order valence-electron chi connectivity index (χ2n) is 7.49. The van der Waals surface area contributed by atoms with Crippen LogP contribution in [0.4, 0.5) is 0 Å². The Labute approximate surface area is 178 Å². The van der Waals surface area contributed by atoms with Crippen LogP contribution < -0.4 is 0 Å². The van der Waals surface area contributed by atoms with E-state index in [4.69, 9.17) is 0 Å². The maximum Gasteiger partial charge on any atom is 0.298 e. The molecule has 1 aliphatic carbocycles. The first-order chi connectivity index (χ1) is 14.5. The molecule has 0 amide bonds. The van der Waals surface area contributed by atoms with Crippen LogP contribution in [-0.4, -0.2) is 34.8 Å². The van der Waals surface area contributed by atoms with E-state index in [1.807, 2.05) is 0 Å². The third-order valence-electron chi connectivity index (χ3n) is 5.63. The lowest BCUT2D eigenvalue weighted by Gasteiger charge is -2.19. The lowest BCUT2D eigenvalue weighted by molar-refractivity contribution is 0.0979. The standard InChI is InChI=1S/C23H18O7S/c1-11-17(22(27)23(31(28,29)30)12(2)19(11)24)9-13-7-8-16-18(10-13)21(26)15-6-4-3-5-14(15)20(16)25/h3-8,10,24,27H,9H2,1-2H3,(H,28,29,30). The first kappa shape index (κ1) is 20.8. The van der Waals surface area contributed by atoms with Gasteiger partial charge in [-0.05, 0) is 31.0 Å². The van der Waals surface area contributed by atoms with E-state index < -0.39 is 20.8 Å². The molecular weight excluding hydrogens is 420 g/mol. The molecule has 0 saturated heterocycles. The number of ketones is 2. The number of hydrogen-bond donors (Lipinski definition) is 3. The maximum atomic E-state index is 12.9. The van der Waals surface area contributed by atoms with Crippen molar-refractivity contribution in [3.63, 3.8) is 0 Å². The molecule has 0 saturated carbocycles. The highest BCUT2D eigenvalue weighted by Gasteiger charge is 2.30. The van der Waals surface area contributed by atoms with E-state index in [1.165, 1.54) is 26.0 Å². The van der Waals surface area contributed by atoms with Crippen LogP contribution in [0.15, 0.2) is 47.4 Å². The molecule has 1 aliphatic rings. The Hall–Kier alpha value is -3.49. The van der Waals surface area contributed by atoms with E-state index >= 15 is 0 Å². The zero-order valence-corrected chi connectivity index (χ0v) is 17.4. The fourth-order valence-corrected chi connectivity index (χ4v) is 4.87. The number of aromatic hydroxyl groups is 2. The summed E-state index contributed by atoms with van der Waals surface area (Å²) in [7, 11) is -4.79. The van der Waals surface area contributed by atoms with Gasteiger partial charge in [-0.2, -0.15) is 8.42 Å². The average molecular weight is 438 g/mol. The summed E-state index contributed by atoms with van der Waals surface area (Å²) in [6.45, 7) is 2.78. The van der Waals surface area contributed by atoms with Crippen molar-refractivity contribution in [2.45, 2.75) is 25.2 Å².